The Kier molecular flexibility index (Phi) is 10.8. The minimum atomic E-state index is 0.817. The molecule has 0 saturated carbocycles. The molecule has 1 aliphatic rings. The summed E-state index contributed by atoms with van der Waals surface area (Å²) in [5, 5.41) is 0. The van der Waals surface area contributed by atoms with Crippen LogP contribution in [-0.4, -0.2) is 0 Å². The summed E-state index contributed by atoms with van der Waals surface area (Å²) in [6.07, 6.45) is 42.0. The van der Waals surface area contributed by atoms with Crippen molar-refractivity contribution in [1.29, 1.82) is 0 Å². The highest BCUT2D eigenvalue weighted by Gasteiger charge is 1.70. The lowest BCUT2D eigenvalue weighted by molar-refractivity contribution is 1.34. The van der Waals surface area contributed by atoms with Crippen LogP contribution in [0.15, 0.2) is 115 Å². The van der Waals surface area contributed by atoms with Gasteiger partial charge in [-0.2, -0.15) is 0 Å². The zero-order valence-corrected chi connectivity index (χ0v) is 12.2. The van der Waals surface area contributed by atoms with Gasteiger partial charge in [0, 0.05) is 0 Å². The molecule has 0 heteroatoms. The maximum atomic E-state index is 3.18. The molecule has 1 rings (SSSR count). The van der Waals surface area contributed by atoms with E-state index in [9.17, 15) is 0 Å². The minimum Gasteiger partial charge on any atom is -0.0801 e. The fourth-order valence-corrected chi connectivity index (χ4v) is 1.37. The molecule has 0 bridgehead atoms. The summed E-state index contributed by atoms with van der Waals surface area (Å²) in [5.74, 6) is 0. The molecule has 0 unspecified atom stereocenters. The third-order valence-corrected chi connectivity index (χ3v) is 2.36. The van der Waals surface area contributed by atoms with E-state index in [-0.39, 0.29) is 0 Å². The van der Waals surface area contributed by atoms with Crippen LogP contribution < -0.4 is 0 Å². The summed E-state index contributed by atoms with van der Waals surface area (Å²) >= 11 is 0. The van der Waals surface area contributed by atoms with E-state index in [2.05, 4.69) is 12.2 Å². The molecule has 21 heavy (non-hydrogen) atoms. The van der Waals surface area contributed by atoms with E-state index in [1.54, 1.807) is 0 Å². The van der Waals surface area contributed by atoms with Gasteiger partial charge in [-0.3, -0.25) is 0 Å². The molecule has 1 aliphatic carbocycles. The number of rotatable bonds is 0. The lowest BCUT2D eigenvalue weighted by atomic mass is 10.3. The lowest BCUT2D eigenvalue weighted by Crippen LogP contribution is -1.59. The van der Waals surface area contributed by atoms with Crippen molar-refractivity contribution >= 4 is 0 Å². The molecule has 1 radical (unpaired) electrons. The second-order valence-corrected chi connectivity index (χ2v) is 4.08. The van der Waals surface area contributed by atoms with Crippen molar-refractivity contribution in [1.82, 2.24) is 0 Å². The summed E-state index contributed by atoms with van der Waals surface area (Å²) in [6.45, 7) is 0. The Morgan fingerprint density at radius 2 is 0.714 bits per heavy atom. The van der Waals surface area contributed by atoms with Gasteiger partial charge in [-0.25, -0.2) is 0 Å². The molecular weight excluding hydrogens is 252 g/mol. The van der Waals surface area contributed by atoms with Gasteiger partial charge in [0.15, 0.2) is 0 Å². The first-order valence-corrected chi connectivity index (χ1v) is 7.05. The van der Waals surface area contributed by atoms with Crippen LogP contribution in [0.2, 0.25) is 0 Å². The fraction of sp³-hybridized carbons (Fsp3) is 0.0476. The van der Waals surface area contributed by atoms with Crippen LogP contribution in [0.3, 0.4) is 0 Å². The first kappa shape index (κ1) is 16.5. The number of hydrogen-bond donors (Lipinski definition) is 0. The van der Waals surface area contributed by atoms with Gasteiger partial charge in [0.2, 0.25) is 0 Å². The molecule has 0 saturated heterocycles. The highest BCUT2D eigenvalue weighted by molar-refractivity contribution is 5.22. The van der Waals surface area contributed by atoms with Crippen LogP contribution in [0, 0.1) is 6.08 Å². The average Bonchev–Trinajstić information content (AvgIpc) is 2.50. The molecule has 0 nitrogen and oxygen atoms in total. The van der Waals surface area contributed by atoms with Gasteiger partial charge < -0.3 is 0 Å². The Hall–Kier alpha value is -2.60. The third-order valence-electron chi connectivity index (χ3n) is 2.36. The van der Waals surface area contributed by atoms with Gasteiger partial charge in [-0.15, -0.1) is 0 Å². The number of hydrogen-bond acceptors (Lipinski definition) is 0. The van der Waals surface area contributed by atoms with E-state index in [0.717, 1.165) is 6.42 Å². The molecule has 0 fully saturated rings. The topological polar surface area (TPSA) is 0 Å². The predicted octanol–water partition coefficient (Wildman–Crippen LogP) is 5.76. The van der Waals surface area contributed by atoms with Crippen molar-refractivity contribution < 1.29 is 0 Å². The lowest BCUT2D eigenvalue weighted by Gasteiger charge is -1.78. The second kappa shape index (κ2) is 13.8. The average molecular weight is 273 g/mol. The summed E-state index contributed by atoms with van der Waals surface area (Å²) in [7, 11) is 0. The van der Waals surface area contributed by atoms with E-state index in [0.29, 0.717) is 0 Å². The normalized spacial score (nSPS) is 31.6. The van der Waals surface area contributed by atoms with Gasteiger partial charge in [0.1, 0.15) is 0 Å². The smallest absolute Gasteiger partial charge is 0.00915 e. The molecule has 0 aromatic heterocycles. The van der Waals surface area contributed by atoms with Gasteiger partial charge in [0.25, 0.3) is 0 Å². The molecule has 0 atom stereocenters. The minimum absolute atomic E-state index is 0.817. The summed E-state index contributed by atoms with van der Waals surface area (Å²) in [6, 6.07) is 0. The Morgan fingerprint density at radius 1 is 0.381 bits per heavy atom. The quantitative estimate of drug-likeness (QED) is 0.526. The van der Waals surface area contributed by atoms with Gasteiger partial charge in [0.05, 0.1) is 0 Å². The van der Waals surface area contributed by atoms with Crippen molar-refractivity contribution in [3.8, 4) is 0 Å². The predicted molar refractivity (Wildman–Crippen MR) is 94.7 cm³/mol. The van der Waals surface area contributed by atoms with Gasteiger partial charge >= 0.3 is 0 Å². The van der Waals surface area contributed by atoms with E-state index in [4.69, 9.17) is 0 Å². The monoisotopic (exact) mass is 273 g/mol. The maximum absolute atomic E-state index is 3.18. The van der Waals surface area contributed by atoms with Crippen LogP contribution in [-0.2, 0) is 0 Å². The Bertz CT molecular complexity index is 489. The summed E-state index contributed by atoms with van der Waals surface area (Å²) < 4.78 is 0. The molecule has 0 aromatic carbocycles. The van der Waals surface area contributed by atoms with Crippen molar-refractivity contribution in [2.24, 2.45) is 0 Å². The van der Waals surface area contributed by atoms with E-state index in [1.807, 2.05) is 109 Å². The largest absolute Gasteiger partial charge is 0.0801 e. The molecule has 0 aromatic rings. The highest BCUT2D eigenvalue weighted by atomic mass is 13.8. The zero-order valence-electron chi connectivity index (χ0n) is 12.2. The molecule has 0 heterocycles. The van der Waals surface area contributed by atoms with Gasteiger partial charge in [-0.1, -0.05) is 115 Å². The fourth-order valence-electron chi connectivity index (χ4n) is 1.37. The van der Waals surface area contributed by atoms with Crippen LogP contribution >= 0.6 is 0 Å². The van der Waals surface area contributed by atoms with Crippen LogP contribution in [0.4, 0.5) is 0 Å². The Labute approximate surface area is 128 Å². The van der Waals surface area contributed by atoms with E-state index in [1.165, 1.54) is 0 Å². The third kappa shape index (κ3) is 12.2. The van der Waals surface area contributed by atoms with Crippen LogP contribution in [0.25, 0.3) is 0 Å². The van der Waals surface area contributed by atoms with Crippen molar-refractivity contribution in [2.45, 2.75) is 6.42 Å². The Balaban J connectivity index is 2.63. The van der Waals surface area contributed by atoms with Crippen LogP contribution in [0.5, 0.6) is 0 Å². The Morgan fingerprint density at radius 3 is 1.14 bits per heavy atom. The van der Waals surface area contributed by atoms with Crippen molar-refractivity contribution in [3.63, 3.8) is 0 Å². The molecule has 105 valence electrons. The SMILES string of the molecule is [C]1=C/C=C/C=C/C=C/C=C\C=C\C=C\C=C\C=C\C=C/C/1. The standard InChI is InChI=1S/C21H21/c1-2-4-6-8-10-12-14-16-18-20-21-19-17-15-13-11-9-7-5-3-1/h1-19H,20H2/b2-1+,5-3-,6-4+,9-7+,10-8+,13-11+,14-12+,17-15+,18-16-,21-19?. The maximum Gasteiger partial charge on any atom is -0.00915 e. The number of allylic oxidation sites excluding steroid dienone is 20. The first-order chi connectivity index (χ1) is 10.5. The molecule has 0 spiro atoms. The van der Waals surface area contributed by atoms with E-state index >= 15 is 0 Å². The second-order valence-electron chi connectivity index (χ2n) is 4.08. The van der Waals surface area contributed by atoms with Crippen molar-refractivity contribution in [3.05, 3.63) is 122 Å². The summed E-state index contributed by atoms with van der Waals surface area (Å²) in [4.78, 5) is 0. The first-order valence-electron chi connectivity index (χ1n) is 7.05. The zero-order chi connectivity index (χ0) is 14.8. The summed E-state index contributed by atoms with van der Waals surface area (Å²) in [5.41, 5.74) is 0. The van der Waals surface area contributed by atoms with Crippen LogP contribution in [0.1, 0.15) is 6.42 Å². The van der Waals surface area contributed by atoms with E-state index < -0.39 is 0 Å². The molecule has 0 amide bonds. The highest BCUT2D eigenvalue weighted by Crippen LogP contribution is 1.90. The van der Waals surface area contributed by atoms with Crippen molar-refractivity contribution in [2.75, 3.05) is 0 Å². The molecular formula is C21H21. The molecule has 0 aliphatic heterocycles. The molecule has 0 N–H and O–H groups in total. The van der Waals surface area contributed by atoms with Gasteiger partial charge in [-0.05, 0) is 12.5 Å².